The van der Waals surface area contributed by atoms with Crippen LogP contribution in [-0.2, 0) is 9.59 Å². The van der Waals surface area contributed by atoms with Crippen LogP contribution in [0.25, 0.3) is 0 Å². The van der Waals surface area contributed by atoms with E-state index in [9.17, 15) is 9.59 Å². The van der Waals surface area contributed by atoms with Crippen LogP contribution < -0.4 is 0 Å². The van der Waals surface area contributed by atoms with Crippen LogP contribution in [-0.4, -0.2) is 35.0 Å². The second-order valence-corrected chi connectivity index (χ2v) is 5.34. The molecule has 0 spiro atoms. The quantitative estimate of drug-likeness (QED) is 0.717. The topological polar surface area (TPSA) is 57.6 Å². The molecule has 1 aliphatic rings. The van der Waals surface area contributed by atoms with Gasteiger partial charge in [-0.15, -0.1) is 0 Å². The molecule has 1 aliphatic heterocycles. The van der Waals surface area contributed by atoms with Crippen molar-refractivity contribution in [2.24, 2.45) is 11.3 Å². The number of likely N-dealkylation sites (tertiary alicyclic amines) is 1. The minimum Gasteiger partial charge on any atom is -0.396 e. The molecule has 0 aromatic heterocycles. The van der Waals surface area contributed by atoms with Crippen LogP contribution >= 0.6 is 0 Å². The lowest BCUT2D eigenvalue weighted by Gasteiger charge is -2.18. The van der Waals surface area contributed by atoms with Crippen LogP contribution in [0, 0.1) is 11.3 Å². The number of aliphatic hydroxyl groups is 1. The summed E-state index contributed by atoms with van der Waals surface area (Å²) in [5.41, 5.74) is -0.528. The normalized spacial score (nSPS) is 21.6. The van der Waals surface area contributed by atoms with Crippen molar-refractivity contribution in [3.8, 4) is 0 Å². The summed E-state index contributed by atoms with van der Waals surface area (Å²) in [7, 11) is 0. The van der Waals surface area contributed by atoms with Crippen molar-refractivity contribution >= 4 is 11.8 Å². The van der Waals surface area contributed by atoms with Crippen molar-refractivity contribution in [3.63, 3.8) is 0 Å². The third-order valence-electron chi connectivity index (χ3n) is 3.11. The number of imide groups is 1. The highest BCUT2D eigenvalue weighted by Crippen LogP contribution is 2.31. The highest BCUT2D eigenvalue weighted by molar-refractivity contribution is 6.05. The van der Waals surface area contributed by atoms with Gasteiger partial charge in [0, 0.05) is 19.6 Å². The number of aliphatic hydroxyl groups excluding tert-OH is 1. The second-order valence-electron chi connectivity index (χ2n) is 5.34. The molecule has 1 unspecified atom stereocenters. The average molecular weight is 227 g/mol. The zero-order valence-corrected chi connectivity index (χ0v) is 10.3. The number of hydrogen-bond acceptors (Lipinski definition) is 3. The maximum atomic E-state index is 11.8. The average Bonchev–Trinajstić information content (AvgIpc) is 2.39. The number of carbonyl (C=O) groups excluding carboxylic acids is 2. The maximum absolute atomic E-state index is 11.8. The van der Waals surface area contributed by atoms with Gasteiger partial charge in [0.2, 0.25) is 11.8 Å². The van der Waals surface area contributed by atoms with E-state index >= 15 is 0 Å². The van der Waals surface area contributed by atoms with Crippen LogP contribution in [0.15, 0.2) is 0 Å². The smallest absolute Gasteiger partial charge is 0.235 e. The van der Waals surface area contributed by atoms with Gasteiger partial charge in [-0.05, 0) is 18.8 Å². The van der Waals surface area contributed by atoms with Gasteiger partial charge in [0.05, 0.1) is 5.41 Å². The molecule has 1 saturated heterocycles. The maximum Gasteiger partial charge on any atom is 0.235 e. The number of hydrogen-bond donors (Lipinski definition) is 1. The number of carbonyl (C=O) groups is 2. The van der Waals surface area contributed by atoms with Gasteiger partial charge in [0.15, 0.2) is 0 Å². The molecule has 1 heterocycles. The van der Waals surface area contributed by atoms with Crippen molar-refractivity contribution < 1.29 is 14.7 Å². The lowest BCUT2D eigenvalue weighted by Crippen LogP contribution is -2.34. The van der Waals surface area contributed by atoms with Crippen LogP contribution in [0.5, 0.6) is 0 Å². The summed E-state index contributed by atoms with van der Waals surface area (Å²) in [5.74, 6) is 0.113. The lowest BCUT2D eigenvalue weighted by molar-refractivity contribution is -0.140. The first-order valence-corrected chi connectivity index (χ1v) is 5.84. The van der Waals surface area contributed by atoms with Crippen molar-refractivity contribution in [1.29, 1.82) is 0 Å². The van der Waals surface area contributed by atoms with Crippen molar-refractivity contribution in [2.45, 2.75) is 40.0 Å². The molecule has 2 amide bonds. The highest BCUT2D eigenvalue weighted by Gasteiger charge is 2.44. The zero-order valence-electron chi connectivity index (χ0n) is 10.3. The van der Waals surface area contributed by atoms with Crippen LogP contribution in [0.2, 0.25) is 0 Å². The van der Waals surface area contributed by atoms with Crippen molar-refractivity contribution in [2.75, 3.05) is 13.2 Å². The third kappa shape index (κ3) is 2.82. The van der Waals surface area contributed by atoms with Gasteiger partial charge < -0.3 is 5.11 Å². The Kier molecular flexibility index (Phi) is 4.08. The molecule has 0 saturated carbocycles. The summed E-state index contributed by atoms with van der Waals surface area (Å²) in [4.78, 5) is 24.8. The first-order valence-electron chi connectivity index (χ1n) is 5.84. The predicted molar refractivity (Wildman–Crippen MR) is 60.6 cm³/mol. The second kappa shape index (κ2) is 4.95. The fourth-order valence-electron chi connectivity index (χ4n) is 1.94. The van der Waals surface area contributed by atoms with Gasteiger partial charge in [-0.2, -0.15) is 0 Å². The van der Waals surface area contributed by atoms with E-state index in [0.29, 0.717) is 13.0 Å². The first kappa shape index (κ1) is 13.2. The third-order valence-corrected chi connectivity index (χ3v) is 3.11. The van der Waals surface area contributed by atoms with E-state index in [-0.39, 0.29) is 24.3 Å². The van der Waals surface area contributed by atoms with E-state index in [1.54, 1.807) is 0 Å². The molecule has 4 nitrogen and oxygen atoms in total. The molecular formula is C12H21NO3. The van der Waals surface area contributed by atoms with Gasteiger partial charge in [-0.25, -0.2) is 0 Å². The summed E-state index contributed by atoms with van der Waals surface area (Å²) < 4.78 is 0. The number of amides is 2. The Labute approximate surface area is 96.6 Å². The Morgan fingerprint density at radius 2 is 2.06 bits per heavy atom. The molecule has 0 aliphatic carbocycles. The van der Waals surface area contributed by atoms with Crippen LogP contribution in [0.4, 0.5) is 0 Å². The summed E-state index contributed by atoms with van der Waals surface area (Å²) >= 11 is 0. The molecule has 0 aromatic carbocycles. The Bertz CT molecular complexity index is 286. The van der Waals surface area contributed by atoms with Gasteiger partial charge in [0.25, 0.3) is 0 Å². The molecule has 0 aromatic rings. The lowest BCUT2D eigenvalue weighted by atomic mass is 9.92. The van der Waals surface area contributed by atoms with E-state index in [0.717, 1.165) is 12.8 Å². The molecule has 16 heavy (non-hydrogen) atoms. The predicted octanol–water partition coefficient (Wildman–Crippen LogP) is 1.18. The zero-order chi connectivity index (χ0) is 12.3. The molecule has 1 rings (SSSR count). The summed E-state index contributed by atoms with van der Waals surface area (Å²) in [6.07, 6.45) is 1.94. The molecule has 92 valence electrons. The Hall–Kier alpha value is -0.900. The fourth-order valence-corrected chi connectivity index (χ4v) is 1.94. The number of nitrogens with zero attached hydrogens (tertiary/aromatic N) is 1. The van der Waals surface area contributed by atoms with E-state index < -0.39 is 5.41 Å². The van der Waals surface area contributed by atoms with E-state index in [1.807, 2.05) is 20.8 Å². The summed E-state index contributed by atoms with van der Waals surface area (Å²) in [5, 5.41) is 8.87. The summed E-state index contributed by atoms with van der Waals surface area (Å²) in [6.45, 7) is 6.23. The Morgan fingerprint density at radius 1 is 1.44 bits per heavy atom. The molecule has 1 fully saturated rings. The standard InChI is InChI=1S/C12H21NO3/c1-9(8-14)5-4-6-13-10(15)7-12(2,3)11(13)16/h9,14H,4-8H2,1-3H3. The minimum absolute atomic E-state index is 0.0610. The molecule has 1 N–H and O–H groups in total. The molecular weight excluding hydrogens is 206 g/mol. The molecule has 0 radical (unpaired) electrons. The van der Waals surface area contributed by atoms with Crippen LogP contribution in [0.1, 0.15) is 40.0 Å². The minimum atomic E-state index is -0.528. The monoisotopic (exact) mass is 227 g/mol. The van der Waals surface area contributed by atoms with Crippen molar-refractivity contribution in [3.05, 3.63) is 0 Å². The fraction of sp³-hybridized carbons (Fsp3) is 0.833. The summed E-state index contributed by atoms with van der Waals surface area (Å²) in [6, 6.07) is 0. The van der Waals surface area contributed by atoms with Gasteiger partial charge in [-0.1, -0.05) is 20.8 Å². The highest BCUT2D eigenvalue weighted by atomic mass is 16.3. The molecule has 1 atom stereocenters. The number of rotatable bonds is 5. The van der Waals surface area contributed by atoms with E-state index in [4.69, 9.17) is 5.11 Å². The molecule has 4 heteroatoms. The van der Waals surface area contributed by atoms with E-state index in [2.05, 4.69) is 0 Å². The first-order chi connectivity index (χ1) is 7.38. The Balaban J connectivity index is 2.44. The van der Waals surface area contributed by atoms with Gasteiger partial charge in [-0.3, -0.25) is 14.5 Å². The SMILES string of the molecule is CC(CO)CCCN1C(=O)CC(C)(C)C1=O. The van der Waals surface area contributed by atoms with Crippen molar-refractivity contribution in [1.82, 2.24) is 4.90 Å². The largest absolute Gasteiger partial charge is 0.396 e. The molecule has 0 bridgehead atoms. The van der Waals surface area contributed by atoms with Gasteiger partial charge in [0.1, 0.15) is 0 Å². The van der Waals surface area contributed by atoms with Crippen LogP contribution in [0.3, 0.4) is 0 Å². The Morgan fingerprint density at radius 3 is 2.50 bits per heavy atom. The van der Waals surface area contributed by atoms with E-state index in [1.165, 1.54) is 4.90 Å². The van der Waals surface area contributed by atoms with Gasteiger partial charge >= 0.3 is 0 Å².